The zero-order chi connectivity index (χ0) is 15.5. The van der Waals surface area contributed by atoms with E-state index in [-0.39, 0.29) is 6.04 Å². The Bertz CT molecular complexity index is 487. The summed E-state index contributed by atoms with van der Waals surface area (Å²) in [7, 11) is 0. The number of alkyl halides is 3. The lowest BCUT2D eigenvalue weighted by molar-refractivity contribution is -0.140. The molecule has 2 unspecified atom stereocenters. The number of nitrogens with two attached hydrogens (primary N) is 2. The highest BCUT2D eigenvalue weighted by atomic mass is 19.4. The molecule has 1 amide bonds. The van der Waals surface area contributed by atoms with Gasteiger partial charge in [0.15, 0.2) is 6.10 Å². The smallest absolute Gasteiger partial charge is 0.419 e. The van der Waals surface area contributed by atoms with Crippen LogP contribution in [0.3, 0.4) is 0 Å². The van der Waals surface area contributed by atoms with Crippen LogP contribution in [-0.2, 0) is 17.4 Å². The number of benzene rings is 1. The van der Waals surface area contributed by atoms with Gasteiger partial charge in [0.2, 0.25) is 0 Å². The normalized spacial score (nSPS) is 14.7. The topological polar surface area (TPSA) is 78.3 Å². The van der Waals surface area contributed by atoms with Crippen LogP contribution in [0.1, 0.15) is 25.0 Å². The molecule has 1 aromatic rings. The van der Waals surface area contributed by atoms with Crippen molar-refractivity contribution in [3.63, 3.8) is 0 Å². The Morgan fingerprint density at radius 2 is 1.95 bits per heavy atom. The predicted octanol–water partition coefficient (Wildman–Crippen LogP) is 1.85. The Labute approximate surface area is 114 Å². The van der Waals surface area contributed by atoms with E-state index in [4.69, 9.17) is 16.2 Å². The van der Waals surface area contributed by atoms with Crippen molar-refractivity contribution in [1.82, 2.24) is 0 Å². The van der Waals surface area contributed by atoms with Gasteiger partial charge in [-0.25, -0.2) is 0 Å². The van der Waals surface area contributed by atoms with Crippen molar-refractivity contribution in [2.24, 2.45) is 11.5 Å². The lowest BCUT2D eigenvalue weighted by Crippen LogP contribution is -2.31. The van der Waals surface area contributed by atoms with Crippen LogP contribution >= 0.6 is 0 Å². The molecule has 0 saturated heterocycles. The lowest BCUT2D eigenvalue weighted by Gasteiger charge is -2.18. The zero-order valence-electron chi connectivity index (χ0n) is 11.2. The molecule has 1 rings (SSSR count). The molecule has 0 aliphatic heterocycles. The number of carbonyl (C=O) groups excluding carboxylic acids is 1. The molecule has 0 heterocycles. The minimum absolute atomic E-state index is 0.257. The highest BCUT2D eigenvalue weighted by Gasteiger charge is 2.35. The monoisotopic (exact) mass is 290 g/mol. The second-order valence-corrected chi connectivity index (χ2v) is 4.67. The number of amides is 1. The molecule has 0 saturated carbocycles. The van der Waals surface area contributed by atoms with Crippen molar-refractivity contribution in [2.45, 2.75) is 38.6 Å². The van der Waals surface area contributed by atoms with Gasteiger partial charge in [0, 0.05) is 6.04 Å². The maximum atomic E-state index is 13.0. The maximum Gasteiger partial charge on any atom is 0.419 e. The molecule has 0 fully saturated rings. The second kappa shape index (κ2) is 6.13. The van der Waals surface area contributed by atoms with E-state index in [9.17, 15) is 18.0 Å². The number of rotatable bonds is 5. The van der Waals surface area contributed by atoms with Crippen molar-refractivity contribution in [3.05, 3.63) is 29.3 Å². The van der Waals surface area contributed by atoms with E-state index in [1.807, 2.05) is 0 Å². The Kier molecular flexibility index (Phi) is 4.99. The number of primary amides is 1. The number of hydrogen-bond donors (Lipinski definition) is 2. The van der Waals surface area contributed by atoms with Gasteiger partial charge in [0.05, 0.1) is 5.56 Å². The van der Waals surface area contributed by atoms with E-state index in [2.05, 4.69) is 0 Å². The molecular formula is C13H17F3N2O2. The summed E-state index contributed by atoms with van der Waals surface area (Å²) in [5.41, 5.74) is 10.1. The van der Waals surface area contributed by atoms with Gasteiger partial charge in [-0.2, -0.15) is 13.2 Å². The van der Waals surface area contributed by atoms with E-state index in [1.54, 1.807) is 6.92 Å². The van der Waals surface area contributed by atoms with E-state index >= 15 is 0 Å². The standard InChI is InChI=1S/C13H17F3N2O2/c1-7(17)5-9-3-4-11(20-8(2)12(18)19)10(6-9)13(14,15)16/h3-4,6-8H,5,17H2,1-2H3,(H2,18,19). The van der Waals surface area contributed by atoms with Gasteiger partial charge < -0.3 is 16.2 Å². The molecule has 4 N–H and O–H groups in total. The lowest BCUT2D eigenvalue weighted by atomic mass is 10.0. The molecule has 7 heteroatoms. The number of hydrogen-bond acceptors (Lipinski definition) is 3. The maximum absolute atomic E-state index is 13.0. The first-order valence-corrected chi connectivity index (χ1v) is 6.03. The fraction of sp³-hybridized carbons (Fsp3) is 0.462. The summed E-state index contributed by atoms with van der Waals surface area (Å²) in [5, 5.41) is 0. The first-order chi connectivity index (χ1) is 9.11. The third-order valence-corrected chi connectivity index (χ3v) is 2.61. The Hall–Kier alpha value is -1.76. The van der Waals surface area contributed by atoms with Gasteiger partial charge in [0.25, 0.3) is 5.91 Å². The Balaban J connectivity index is 3.14. The summed E-state index contributed by atoms with van der Waals surface area (Å²) in [5.74, 6) is -1.25. The van der Waals surface area contributed by atoms with Crippen molar-refractivity contribution >= 4 is 5.91 Å². The minimum atomic E-state index is -4.58. The van der Waals surface area contributed by atoms with Gasteiger partial charge in [-0.05, 0) is 38.0 Å². The van der Waals surface area contributed by atoms with E-state index in [0.717, 1.165) is 6.07 Å². The van der Waals surface area contributed by atoms with Crippen molar-refractivity contribution in [1.29, 1.82) is 0 Å². The van der Waals surface area contributed by atoms with Crippen LogP contribution < -0.4 is 16.2 Å². The van der Waals surface area contributed by atoms with Crippen molar-refractivity contribution in [2.75, 3.05) is 0 Å². The van der Waals surface area contributed by atoms with Gasteiger partial charge in [-0.15, -0.1) is 0 Å². The van der Waals surface area contributed by atoms with E-state index in [1.165, 1.54) is 19.1 Å². The fourth-order valence-electron chi connectivity index (χ4n) is 1.65. The predicted molar refractivity (Wildman–Crippen MR) is 68.1 cm³/mol. The Morgan fingerprint density at radius 3 is 2.40 bits per heavy atom. The van der Waals surface area contributed by atoms with E-state index in [0.29, 0.717) is 12.0 Å². The van der Waals surface area contributed by atoms with Crippen LogP contribution in [0.4, 0.5) is 13.2 Å². The van der Waals surface area contributed by atoms with Crippen LogP contribution in [-0.4, -0.2) is 18.1 Å². The first kappa shape index (κ1) is 16.3. The fourth-order valence-corrected chi connectivity index (χ4v) is 1.65. The van der Waals surface area contributed by atoms with Crippen LogP contribution in [0, 0.1) is 0 Å². The zero-order valence-corrected chi connectivity index (χ0v) is 11.2. The van der Waals surface area contributed by atoms with Crippen molar-refractivity contribution < 1.29 is 22.7 Å². The van der Waals surface area contributed by atoms with Gasteiger partial charge in [0.1, 0.15) is 5.75 Å². The average molecular weight is 290 g/mol. The molecule has 1 aromatic carbocycles. The summed E-state index contributed by atoms with van der Waals surface area (Å²) in [6.45, 7) is 2.99. The Morgan fingerprint density at radius 1 is 1.35 bits per heavy atom. The molecule has 4 nitrogen and oxygen atoms in total. The third kappa shape index (κ3) is 4.41. The summed E-state index contributed by atoms with van der Waals surface area (Å²) >= 11 is 0. The molecule has 0 bridgehead atoms. The van der Waals surface area contributed by atoms with Crippen LogP contribution in [0.2, 0.25) is 0 Å². The molecule has 112 valence electrons. The third-order valence-electron chi connectivity index (χ3n) is 2.61. The van der Waals surface area contributed by atoms with Gasteiger partial charge in [-0.1, -0.05) is 6.07 Å². The quantitative estimate of drug-likeness (QED) is 0.868. The number of ether oxygens (including phenoxy) is 1. The largest absolute Gasteiger partial charge is 0.480 e. The average Bonchev–Trinajstić information content (AvgIpc) is 2.28. The molecule has 0 radical (unpaired) electrons. The highest BCUT2D eigenvalue weighted by molar-refractivity contribution is 5.78. The molecule has 0 aliphatic rings. The van der Waals surface area contributed by atoms with Gasteiger partial charge in [-0.3, -0.25) is 4.79 Å². The molecule has 0 aromatic heterocycles. The van der Waals surface area contributed by atoms with Gasteiger partial charge >= 0.3 is 6.18 Å². The summed E-state index contributed by atoms with van der Waals surface area (Å²) in [6, 6.07) is 3.39. The number of halogens is 3. The second-order valence-electron chi connectivity index (χ2n) is 4.67. The summed E-state index contributed by atoms with van der Waals surface area (Å²) in [6.07, 6.45) is -5.41. The van der Waals surface area contributed by atoms with Crippen molar-refractivity contribution in [3.8, 4) is 5.75 Å². The van der Waals surface area contributed by atoms with Crippen LogP contribution in [0.5, 0.6) is 5.75 Å². The highest BCUT2D eigenvalue weighted by Crippen LogP contribution is 2.37. The SMILES string of the molecule is CC(N)Cc1ccc(OC(C)C(N)=O)c(C(F)(F)F)c1. The summed E-state index contributed by atoms with van der Waals surface area (Å²) < 4.78 is 43.9. The van der Waals surface area contributed by atoms with E-state index < -0.39 is 29.5 Å². The molecule has 20 heavy (non-hydrogen) atoms. The first-order valence-electron chi connectivity index (χ1n) is 6.03. The molecule has 2 atom stereocenters. The molecule has 0 spiro atoms. The number of carbonyl (C=O) groups is 1. The summed E-state index contributed by atoms with van der Waals surface area (Å²) in [4.78, 5) is 10.9. The van der Waals surface area contributed by atoms with Crippen LogP contribution in [0.25, 0.3) is 0 Å². The molecule has 0 aliphatic carbocycles. The van der Waals surface area contributed by atoms with Crippen LogP contribution in [0.15, 0.2) is 18.2 Å². The molecular weight excluding hydrogens is 273 g/mol. The minimum Gasteiger partial charge on any atom is -0.480 e.